The number of carbonyl (C=O) groups excluding carboxylic acids is 1. The number of nitrogens with one attached hydrogen (secondary N) is 1. The molecule has 7 nitrogen and oxygen atoms in total. The highest BCUT2D eigenvalue weighted by Crippen LogP contribution is 2.20. The SMILES string of the molecule is O=C(CCc1ccco1)Nc1ccccc1-n1ccc(C(=O)O)n1. The van der Waals surface area contributed by atoms with Crippen molar-refractivity contribution in [2.75, 3.05) is 5.32 Å². The van der Waals surface area contributed by atoms with Crippen LogP contribution in [0.1, 0.15) is 22.7 Å². The Labute approximate surface area is 137 Å². The lowest BCUT2D eigenvalue weighted by Gasteiger charge is -2.10. The topological polar surface area (TPSA) is 97.4 Å². The van der Waals surface area contributed by atoms with E-state index in [1.165, 1.54) is 16.9 Å². The average Bonchev–Trinajstić information content (AvgIpc) is 3.25. The third-order valence-electron chi connectivity index (χ3n) is 3.41. The Morgan fingerprint density at radius 3 is 2.71 bits per heavy atom. The lowest BCUT2D eigenvalue weighted by Crippen LogP contribution is -2.14. The maximum absolute atomic E-state index is 12.1. The molecule has 2 aromatic heterocycles. The molecule has 0 atom stereocenters. The highest BCUT2D eigenvalue weighted by Gasteiger charge is 2.12. The zero-order valence-corrected chi connectivity index (χ0v) is 12.7. The molecule has 0 saturated carbocycles. The van der Waals surface area contributed by atoms with Crippen LogP contribution in [0.25, 0.3) is 5.69 Å². The molecule has 1 aromatic carbocycles. The minimum Gasteiger partial charge on any atom is -0.476 e. The monoisotopic (exact) mass is 325 g/mol. The molecule has 0 aliphatic heterocycles. The molecule has 24 heavy (non-hydrogen) atoms. The van der Waals surface area contributed by atoms with Crippen LogP contribution in [0.15, 0.2) is 59.3 Å². The van der Waals surface area contributed by atoms with Crippen molar-refractivity contribution in [1.29, 1.82) is 0 Å². The Morgan fingerprint density at radius 2 is 2.00 bits per heavy atom. The molecule has 0 saturated heterocycles. The Morgan fingerprint density at radius 1 is 1.17 bits per heavy atom. The largest absolute Gasteiger partial charge is 0.476 e. The summed E-state index contributed by atoms with van der Waals surface area (Å²) in [6.07, 6.45) is 3.89. The number of benzene rings is 1. The van der Waals surface area contributed by atoms with Crippen molar-refractivity contribution in [3.8, 4) is 5.69 Å². The standard InChI is InChI=1S/C17H15N3O4/c21-16(8-7-12-4-3-11-24-12)18-13-5-1-2-6-15(13)20-10-9-14(19-20)17(22)23/h1-6,9-11H,7-8H2,(H,18,21)(H,22,23). The van der Waals surface area contributed by atoms with Gasteiger partial charge in [-0.1, -0.05) is 12.1 Å². The predicted molar refractivity (Wildman–Crippen MR) is 86.2 cm³/mol. The van der Waals surface area contributed by atoms with Crippen molar-refractivity contribution in [2.24, 2.45) is 0 Å². The van der Waals surface area contributed by atoms with Gasteiger partial charge in [0.25, 0.3) is 0 Å². The number of aromatic carboxylic acids is 1. The van der Waals surface area contributed by atoms with Crippen molar-refractivity contribution in [3.63, 3.8) is 0 Å². The fraction of sp³-hybridized carbons (Fsp3) is 0.118. The smallest absolute Gasteiger partial charge is 0.356 e. The van der Waals surface area contributed by atoms with Gasteiger partial charge >= 0.3 is 5.97 Å². The molecule has 122 valence electrons. The van der Waals surface area contributed by atoms with E-state index in [0.717, 1.165) is 5.76 Å². The summed E-state index contributed by atoms with van der Waals surface area (Å²) < 4.78 is 6.62. The summed E-state index contributed by atoms with van der Waals surface area (Å²) in [6, 6.07) is 12.1. The zero-order valence-electron chi connectivity index (χ0n) is 12.7. The second-order valence-electron chi connectivity index (χ2n) is 5.10. The van der Waals surface area contributed by atoms with Crippen molar-refractivity contribution < 1.29 is 19.1 Å². The van der Waals surface area contributed by atoms with Gasteiger partial charge in [-0.3, -0.25) is 4.79 Å². The normalized spacial score (nSPS) is 10.5. The average molecular weight is 325 g/mol. The highest BCUT2D eigenvalue weighted by molar-refractivity contribution is 5.93. The van der Waals surface area contributed by atoms with Gasteiger partial charge < -0.3 is 14.8 Å². The number of furan rings is 1. The van der Waals surface area contributed by atoms with E-state index in [1.54, 1.807) is 36.6 Å². The Bertz CT molecular complexity index is 852. The van der Waals surface area contributed by atoms with Crippen LogP contribution < -0.4 is 5.32 Å². The summed E-state index contributed by atoms with van der Waals surface area (Å²) in [4.78, 5) is 23.1. The molecule has 0 spiro atoms. The molecule has 0 radical (unpaired) electrons. The van der Waals surface area contributed by atoms with Crippen LogP contribution in [0.5, 0.6) is 0 Å². The number of anilines is 1. The van der Waals surface area contributed by atoms with Crippen LogP contribution >= 0.6 is 0 Å². The van der Waals surface area contributed by atoms with Crippen molar-refractivity contribution >= 4 is 17.6 Å². The number of nitrogens with zero attached hydrogens (tertiary/aromatic N) is 2. The third-order valence-corrected chi connectivity index (χ3v) is 3.41. The molecular weight excluding hydrogens is 310 g/mol. The molecule has 2 N–H and O–H groups in total. The van der Waals surface area contributed by atoms with Crippen LogP contribution in [-0.2, 0) is 11.2 Å². The van der Waals surface area contributed by atoms with E-state index in [4.69, 9.17) is 9.52 Å². The van der Waals surface area contributed by atoms with E-state index >= 15 is 0 Å². The molecule has 0 aliphatic rings. The molecule has 0 aliphatic carbocycles. The summed E-state index contributed by atoms with van der Waals surface area (Å²) in [6.45, 7) is 0. The fourth-order valence-electron chi connectivity index (χ4n) is 2.26. The van der Waals surface area contributed by atoms with Gasteiger partial charge in [-0.25, -0.2) is 9.48 Å². The summed E-state index contributed by atoms with van der Waals surface area (Å²) in [7, 11) is 0. The van der Waals surface area contributed by atoms with Gasteiger partial charge in [0.05, 0.1) is 17.6 Å². The second kappa shape index (κ2) is 6.82. The Hall–Kier alpha value is -3.35. The number of carboxylic acid groups (broad SMARTS) is 1. The van der Waals surface area contributed by atoms with Gasteiger partial charge in [0.15, 0.2) is 5.69 Å². The third kappa shape index (κ3) is 3.52. The van der Waals surface area contributed by atoms with Gasteiger partial charge in [0, 0.05) is 19.0 Å². The molecule has 0 bridgehead atoms. The van der Waals surface area contributed by atoms with E-state index in [1.807, 2.05) is 6.07 Å². The van der Waals surface area contributed by atoms with Gasteiger partial charge in [-0.05, 0) is 30.3 Å². The summed E-state index contributed by atoms with van der Waals surface area (Å²) in [5.41, 5.74) is 1.09. The van der Waals surface area contributed by atoms with E-state index < -0.39 is 5.97 Å². The molecule has 2 heterocycles. The number of carboxylic acids is 1. The highest BCUT2D eigenvalue weighted by atomic mass is 16.4. The summed E-state index contributed by atoms with van der Waals surface area (Å²) >= 11 is 0. The van der Waals surface area contributed by atoms with E-state index in [-0.39, 0.29) is 18.0 Å². The number of rotatable bonds is 6. The number of amides is 1. The van der Waals surface area contributed by atoms with E-state index in [0.29, 0.717) is 17.8 Å². The maximum atomic E-state index is 12.1. The van der Waals surface area contributed by atoms with Gasteiger partial charge in [0.2, 0.25) is 5.91 Å². The first-order valence-electron chi connectivity index (χ1n) is 7.34. The van der Waals surface area contributed by atoms with Crippen molar-refractivity contribution in [1.82, 2.24) is 9.78 Å². The Kier molecular flexibility index (Phi) is 4.42. The molecular formula is C17H15N3O4. The van der Waals surface area contributed by atoms with Crippen LogP contribution in [0.3, 0.4) is 0 Å². The minimum absolute atomic E-state index is 0.0612. The van der Waals surface area contributed by atoms with Crippen LogP contribution in [0, 0.1) is 0 Å². The van der Waals surface area contributed by atoms with Crippen molar-refractivity contribution in [3.05, 3.63) is 66.4 Å². The molecule has 3 rings (SSSR count). The van der Waals surface area contributed by atoms with Crippen LogP contribution in [-0.4, -0.2) is 26.8 Å². The molecule has 1 amide bonds. The lowest BCUT2D eigenvalue weighted by molar-refractivity contribution is -0.116. The first-order valence-corrected chi connectivity index (χ1v) is 7.34. The number of aromatic nitrogens is 2. The second-order valence-corrected chi connectivity index (χ2v) is 5.10. The first kappa shape index (κ1) is 15.5. The van der Waals surface area contributed by atoms with E-state index in [2.05, 4.69) is 10.4 Å². The molecule has 0 fully saturated rings. The van der Waals surface area contributed by atoms with Gasteiger partial charge in [-0.2, -0.15) is 5.10 Å². The van der Waals surface area contributed by atoms with Gasteiger partial charge in [-0.15, -0.1) is 0 Å². The Balaban J connectivity index is 1.73. The number of carbonyl (C=O) groups is 2. The molecule has 7 heteroatoms. The summed E-state index contributed by atoms with van der Waals surface area (Å²) in [5, 5.41) is 15.8. The lowest BCUT2D eigenvalue weighted by atomic mass is 10.2. The van der Waals surface area contributed by atoms with Crippen LogP contribution in [0.2, 0.25) is 0 Å². The quantitative estimate of drug-likeness (QED) is 0.726. The number of hydrogen-bond donors (Lipinski definition) is 2. The molecule has 0 unspecified atom stereocenters. The van der Waals surface area contributed by atoms with Crippen molar-refractivity contribution in [2.45, 2.75) is 12.8 Å². The predicted octanol–water partition coefficient (Wildman–Crippen LogP) is 2.73. The van der Waals surface area contributed by atoms with Gasteiger partial charge in [0.1, 0.15) is 5.76 Å². The maximum Gasteiger partial charge on any atom is 0.356 e. The minimum atomic E-state index is -1.10. The summed E-state index contributed by atoms with van der Waals surface area (Å²) in [5.74, 6) is -0.519. The molecule has 3 aromatic rings. The first-order chi connectivity index (χ1) is 11.6. The van der Waals surface area contributed by atoms with E-state index in [9.17, 15) is 9.59 Å². The van der Waals surface area contributed by atoms with Crippen LogP contribution in [0.4, 0.5) is 5.69 Å². The fourth-order valence-corrected chi connectivity index (χ4v) is 2.26. The number of aryl methyl sites for hydroxylation is 1. The number of para-hydroxylation sites is 2. The zero-order chi connectivity index (χ0) is 16.9. The number of hydrogen-bond acceptors (Lipinski definition) is 4.